The van der Waals surface area contributed by atoms with E-state index in [2.05, 4.69) is 16.4 Å². The van der Waals surface area contributed by atoms with E-state index in [4.69, 9.17) is 5.84 Å². The van der Waals surface area contributed by atoms with Crippen LogP contribution in [0.2, 0.25) is 0 Å². The zero-order valence-electron chi connectivity index (χ0n) is 6.36. The van der Waals surface area contributed by atoms with Gasteiger partial charge in [0.2, 0.25) is 0 Å². The average Bonchev–Trinajstić information content (AvgIpc) is 2.00. The summed E-state index contributed by atoms with van der Waals surface area (Å²) in [6.45, 7) is 5.16. The molecule has 1 amide bonds. The summed E-state index contributed by atoms with van der Waals surface area (Å²) in [5.74, 6) is 5.17. The molecular weight excluding hydrogens is 146 g/mol. The summed E-state index contributed by atoms with van der Waals surface area (Å²) in [6.07, 6.45) is 1.93. The monoisotopic (exact) mass is 157 g/mol. The molecule has 0 unspecified atom stereocenters. The highest BCUT2D eigenvalue weighted by molar-refractivity contribution is 5.67. The number of aliphatic imine (C=N–C) groups is 1. The van der Waals surface area contributed by atoms with E-state index < -0.39 is 6.09 Å². The van der Waals surface area contributed by atoms with Crippen molar-refractivity contribution in [2.45, 2.75) is 6.92 Å². The van der Waals surface area contributed by atoms with E-state index in [0.717, 1.165) is 5.01 Å². The van der Waals surface area contributed by atoms with Crippen LogP contribution in [0.15, 0.2) is 17.4 Å². The molecule has 0 saturated heterocycles. The molecule has 0 rings (SSSR count). The van der Waals surface area contributed by atoms with Crippen LogP contribution in [0.5, 0.6) is 0 Å². The van der Waals surface area contributed by atoms with Gasteiger partial charge in [0.25, 0.3) is 0 Å². The largest absolute Gasteiger partial charge is 0.449 e. The SMILES string of the molecule is C=N/C=C\N(N)C(=O)OCC. The molecule has 0 spiro atoms. The van der Waals surface area contributed by atoms with Gasteiger partial charge in [0.1, 0.15) is 0 Å². The van der Waals surface area contributed by atoms with Crippen molar-refractivity contribution in [2.24, 2.45) is 10.8 Å². The van der Waals surface area contributed by atoms with Crippen molar-refractivity contribution in [1.29, 1.82) is 0 Å². The highest BCUT2D eigenvalue weighted by Gasteiger charge is 2.04. The zero-order valence-corrected chi connectivity index (χ0v) is 6.36. The second-order valence-electron chi connectivity index (χ2n) is 1.59. The molecule has 0 aromatic carbocycles. The maximum atomic E-state index is 10.7. The molecule has 0 atom stereocenters. The normalized spacial score (nSPS) is 9.64. The molecule has 0 aromatic heterocycles. The number of nitrogens with two attached hydrogens (primary N) is 1. The molecule has 11 heavy (non-hydrogen) atoms. The van der Waals surface area contributed by atoms with Crippen LogP contribution in [-0.4, -0.2) is 24.4 Å². The summed E-state index contributed by atoms with van der Waals surface area (Å²) in [5, 5.41) is 0.790. The summed E-state index contributed by atoms with van der Waals surface area (Å²) in [5.41, 5.74) is 0. The Bertz CT molecular complexity index is 167. The Balaban J connectivity index is 3.81. The number of amides is 1. The molecule has 5 nitrogen and oxygen atoms in total. The highest BCUT2D eigenvalue weighted by atomic mass is 16.6. The number of hydrogen-bond acceptors (Lipinski definition) is 4. The van der Waals surface area contributed by atoms with Gasteiger partial charge in [-0.2, -0.15) is 0 Å². The number of hydrazine groups is 1. The molecule has 0 aromatic rings. The first kappa shape index (κ1) is 9.64. The third-order valence-electron chi connectivity index (χ3n) is 0.811. The first-order valence-electron chi connectivity index (χ1n) is 3.05. The average molecular weight is 157 g/mol. The minimum atomic E-state index is -0.618. The number of carbonyl (C=O) groups is 1. The molecule has 0 saturated carbocycles. The third kappa shape index (κ3) is 4.10. The van der Waals surface area contributed by atoms with E-state index in [9.17, 15) is 4.79 Å². The minimum Gasteiger partial charge on any atom is -0.449 e. The van der Waals surface area contributed by atoms with Crippen molar-refractivity contribution < 1.29 is 9.53 Å². The third-order valence-corrected chi connectivity index (χ3v) is 0.811. The molecule has 0 aliphatic heterocycles. The first-order chi connectivity index (χ1) is 5.22. The van der Waals surface area contributed by atoms with Gasteiger partial charge in [0, 0.05) is 12.4 Å². The molecule has 0 aliphatic rings. The Hall–Kier alpha value is -1.36. The van der Waals surface area contributed by atoms with E-state index in [0.29, 0.717) is 6.61 Å². The zero-order chi connectivity index (χ0) is 8.69. The Kier molecular flexibility index (Phi) is 4.76. The maximum absolute atomic E-state index is 10.7. The van der Waals surface area contributed by atoms with Gasteiger partial charge in [-0.1, -0.05) is 0 Å². The highest BCUT2D eigenvalue weighted by Crippen LogP contribution is 1.87. The predicted molar refractivity (Wildman–Crippen MR) is 41.7 cm³/mol. The lowest BCUT2D eigenvalue weighted by molar-refractivity contribution is 0.122. The predicted octanol–water partition coefficient (Wildman–Crippen LogP) is 0.490. The van der Waals surface area contributed by atoms with Crippen LogP contribution in [0.1, 0.15) is 6.92 Å². The van der Waals surface area contributed by atoms with Crippen molar-refractivity contribution in [3.05, 3.63) is 12.4 Å². The Morgan fingerprint density at radius 3 is 3.00 bits per heavy atom. The fourth-order valence-corrected chi connectivity index (χ4v) is 0.378. The van der Waals surface area contributed by atoms with Gasteiger partial charge >= 0.3 is 6.09 Å². The summed E-state index contributed by atoms with van der Waals surface area (Å²) >= 11 is 0. The molecule has 5 heteroatoms. The lowest BCUT2D eigenvalue weighted by atomic mass is 10.8. The lowest BCUT2D eigenvalue weighted by Gasteiger charge is -2.09. The molecule has 0 heterocycles. The number of hydrogen-bond donors (Lipinski definition) is 1. The topological polar surface area (TPSA) is 67.9 Å². The van der Waals surface area contributed by atoms with Crippen molar-refractivity contribution >= 4 is 12.8 Å². The fraction of sp³-hybridized carbons (Fsp3) is 0.333. The molecule has 62 valence electrons. The molecule has 0 radical (unpaired) electrons. The Morgan fingerprint density at radius 2 is 2.55 bits per heavy atom. The smallest absolute Gasteiger partial charge is 0.428 e. The van der Waals surface area contributed by atoms with Gasteiger partial charge in [-0.3, -0.25) is 4.99 Å². The second-order valence-corrected chi connectivity index (χ2v) is 1.59. The number of carbonyl (C=O) groups excluding carboxylic acids is 1. The van der Waals surface area contributed by atoms with Gasteiger partial charge in [-0.15, -0.1) is 0 Å². The summed E-state index contributed by atoms with van der Waals surface area (Å²) in [6, 6.07) is 0. The number of ether oxygens (including phenoxy) is 1. The van der Waals surface area contributed by atoms with Gasteiger partial charge in [-0.05, 0) is 13.6 Å². The van der Waals surface area contributed by atoms with E-state index >= 15 is 0 Å². The number of rotatable bonds is 3. The van der Waals surface area contributed by atoms with Crippen molar-refractivity contribution in [1.82, 2.24) is 5.01 Å². The van der Waals surface area contributed by atoms with E-state index in [1.165, 1.54) is 12.4 Å². The van der Waals surface area contributed by atoms with E-state index in [1.54, 1.807) is 6.92 Å². The van der Waals surface area contributed by atoms with Crippen LogP contribution < -0.4 is 5.84 Å². The standard InChI is InChI=1S/C6H11N3O2/c1-3-11-6(10)9(7)5-4-8-2/h4-5H,2-3,7H2,1H3/b5-4-. The van der Waals surface area contributed by atoms with Crippen LogP contribution >= 0.6 is 0 Å². The first-order valence-corrected chi connectivity index (χ1v) is 3.05. The van der Waals surface area contributed by atoms with Gasteiger partial charge < -0.3 is 4.74 Å². The molecule has 0 bridgehead atoms. The van der Waals surface area contributed by atoms with Crippen LogP contribution in [-0.2, 0) is 4.74 Å². The van der Waals surface area contributed by atoms with E-state index in [-0.39, 0.29) is 0 Å². The molecular formula is C6H11N3O2. The van der Waals surface area contributed by atoms with Gasteiger partial charge in [-0.25, -0.2) is 15.6 Å². The Labute approximate surface area is 65.1 Å². The van der Waals surface area contributed by atoms with Gasteiger partial charge in [0.15, 0.2) is 0 Å². The summed E-state index contributed by atoms with van der Waals surface area (Å²) in [7, 11) is 0. The van der Waals surface area contributed by atoms with Crippen molar-refractivity contribution in [3.63, 3.8) is 0 Å². The van der Waals surface area contributed by atoms with Crippen LogP contribution in [0.25, 0.3) is 0 Å². The molecule has 2 N–H and O–H groups in total. The fourth-order valence-electron chi connectivity index (χ4n) is 0.378. The number of nitrogens with zero attached hydrogens (tertiary/aromatic N) is 2. The van der Waals surface area contributed by atoms with Crippen molar-refractivity contribution in [2.75, 3.05) is 6.61 Å². The second kappa shape index (κ2) is 5.43. The van der Waals surface area contributed by atoms with Gasteiger partial charge in [0.05, 0.1) is 6.61 Å². The maximum Gasteiger partial charge on any atom is 0.428 e. The Morgan fingerprint density at radius 1 is 1.91 bits per heavy atom. The van der Waals surface area contributed by atoms with Crippen LogP contribution in [0, 0.1) is 0 Å². The van der Waals surface area contributed by atoms with Crippen LogP contribution in [0.4, 0.5) is 4.79 Å². The summed E-state index contributed by atoms with van der Waals surface area (Å²) in [4.78, 5) is 14.1. The van der Waals surface area contributed by atoms with Crippen molar-refractivity contribution in [3.8, 4) is 0 Å². The van der Waals surface area contributed by atoms with E-state index in [1.807, 2.05) is 0 Å². The molecule has 0 fully saturated rings. The summed E-state index contributed by atoms with van der Waals surface area (Å²) < 4.78 is 4.55. The quantitative estimate of drug-likeness (QED) is 0.280. The lowest BCUT2D eigenvalue weighted by Crippen LogP contribution is -2.32. The minimum absolute atomic E-state index is 0.294. The van der Waals surface area contributed by atoms with Crippen LogP contribution in [0.3, 0.4) is 0 Å². The molecule has 0 aliphatic carbocycles.